The Balaban J connectivity index is 2.13. The second kappa shape index (κ2) is 5.37. The zero-order chi connectivity index (χ0) is 13.0. The molecular formula is C13H17N5. The Labute approximate surface area is 107 Å². The van der Waals surface area contributed by atoms with Crippen molar-refractivity contribution in [1.29, 1.82) is 0 Å². The summed E-state index contributed by atoms with van der Waals surface area (Å²) >= 11 is 0. The third kappa shape index (κ3) is 2.89. The van der Waals surface area contributed by atoms with Crippen LogP contribution in [0.3, 0.4) is 0 Å². The van der Waals surface area contributed by atoms with E-state index in [1.165, 1.54) is 0 Å². The van der Waals surface area contributed by atoms with E-state index >= 15 is 0 Å². The van der Waals surface area contributed by atoms with Gasteiger partial charge in [-0.3, -0.25) is 0 Å². The van der Waals surface area contributed by atoms with Gasteiger partial charge in [-0.2, -0.15) is 0 Å². The van der Waals surface area contributed by atoms with Crippen LogP contribution in [0.2, 0.25) is 0 Å². The van der Waals surface area contributed by atoms with Crippen LogP contribution in [0.5, 0.6) is 0 Å². The molecule has 0 spiro atoms. The highest BCUT2D eigenvalue weighted by molar-refractivity contribution is 5.61. The molecule has 0 aliphatic heterocycles. The van der Waals surface area contributed by atoms with Crippen LogP contribution in [0.4, 0.5) is 23.0 Å². The summed E-state index contributed by atoms with van der Waals surface area (Å²) in [7, 11) is 4.03. The van der Waals surface area contributed by atoms with Crippen LogP contribution in [0.15, 0.2) is 42.5 Å². The van der Waals surface area contributed by atoms with Gasteiger partial charge in [0.15, 0.2) is 0 Å². The quantitative estimate of drug-likeness (QED) is 0.567. The fourth-order valence-corrected chi connectivity index (χ4v) is 1.58. The molecule has 0 radical (unpaired) electrons. The van der Waals surface area contributed by atoms with Gasteiger partial charge in [0.25, 0.3) is 0 Å². The van der Waals surface area contributed by atoms with Gasteiger partial charge in [0, 0.05) is 25.5 Å². The Morgan fingerprint density at radius 1 is 1.00 bits per heavy atom. The lowest BCUT2D eigenvalue weighted by atomic mass is 10.2. The molecule has 5 nitrogen and oxygen atoms in total. The summed E-state index contributed by atoms with van der Waals surface area (Å²) in [6.45, 7) is 0. The van der Waals surface area contributed by atoms with Crippen molar-refractivity contribution in [3.05, 3.63) is 42.5 Å². The van der Waals surface area contributed by atoms with Crippen LogP contribution in [-0.4, -0.2) is 19.1 Å². The minimum absolute atomic E-state index is 0.630. The monoisotopic (exact) mass is 243 g/mol. The largest absolute Gasteiger partial charge is 0.378 e. The molecule has 0 amide bonds. The number of rotatable bonds is 4. The number of nitrogens with one attached hydrogen (secondary N) is 2. The first-order chi connectivity index (χ1) is 8.69. The van der Waals surface area contributed by atoms with E-state index in [9.17, 15) is 0 Å². The first-order valence-electron chi connectivity index (χ1n) is 5.67. The molecule has 1 heterocycles. The zero-order valence-corrected chi connectivity index (χ0v) is 10.5. The molecule has 0 unspecified atom stereocenters. The average molecular weight is 243 g/mol. The zero-order valence-electron chi connectivity index (χ0n) is 10.5. The van der Waals surface area contributed by atoms with E-state index in [0.29, 0.717) is 5.82 Å². The smallest absolute Gasteiger partial charge is 0.142 e. The number of nitrogens with two attached hydrogens (primary N) is 1. The summed E-state index contributed by atoms with van der Waals surface area (Å²) in [6.07, 6.45) is 0. The minimum Gasteiger partial charge on any atom is -0.378 e. The lowest BCUT2D eigenvalue weighted by molar-refractivity contribution is 1.13. The second-order valence-corrected chi connectivity index (χ2v) is 4.12. The number of hydrogen-bond donors (Lipinski definition) is 3. The third-order valence-corrected chi connectivity index (χ3v) is 2.55. The molecule has 4 N–H and O–H groups in total. The van der Waals surface area contributed by atoms with Gasteiger partial charge in [0.05, 0.1) is 0 Å². The highest BCUT2D eigenvalue weighted by Crippen LogP contribution is 2.19. The van der Waals surface area contributed by atoms with E-state index in [0.717, 1.165) is 17.2 Å². The van der Waals surface area contributed by atoms with Crippen molar-refractivity contribution < 1.29 is 0 Å². The molecule has 0 fully saturated rings. The Morgan fingerprint density at radius 2 is 1.67 bits per heavy atom. The standard InChI is InChI=1S/C13H17N5/c1-18(2)11-8-6-10(7-9-11)15-12-4-3-5-13(16-12)17-14/h3-9H,14H2,1-2H3,(H2,15,16,17). The number of nitrogens with zero attached hydrogens (tertiary/aromatic N) is 2. The molecule has 2 aromatic rings. The Kier molecular flexibility index (Phi) is 3.64. The van der Waals surface area contributed by atoms with Gasteiger partial charge >= 0.3 is 0 Å². The Morgan fingerprint density at radius 3 is 2.28 bits per heavy atom. The summed E-state index contributed by atoms with van der Waals surface area (Å²) in [5.74, 6) is 6.70. The SMILES string of the molecule is CN(C)c1ccc(Nc2cccc(NN)n2)cc1. The maximum absolute atomic E-state index is 5.32. The molecule has 5 heteroatoms. The van der Waals surface area contributed by atoms with Crippen LogP contribution in [-0.2, 0) is 0 Å². The topological polar surface area (TPSA) is 66.2 Å². The van der Waals surface area contributed by atoms with Crippen molar-refractivity contribution in [1.82, 2.24) is 4.98 Å². The normalized spacial score (nSPS) is 9.94. The van der Waals surface area contributed by atoms with Gasteiger partial charge in [-0.25, -0.2) is 10.8 Å². The van der Waals surface area contributed by atoms with Crippen LogP contribution >= 0.6 is 0 Å². The molecule has 0 saturated carbocycles. The van der Waals surface area contributed by atoms with E-state index in [-0.39, 0.29) is 0 Å². The first-order valence-corrected chi connectivity index (χ1v) is 5.67. The Hall–Kier alpha value is -2.27. The van der Waals surface area contributed by atoms with Crippen LogP contribution in [0.25, 0.3) is 0 Å². The van der Waals surface area contributed by atoms with Gasteiger partial charge in [0.2, 0.25) is 0 Å². The number of aromatic nitrogens is 1. The van der Waals surface area contributed by atoms with Crippen LogP contribution < -0.4 is 21.5 Å². The summed E-state index contributed by atoms with van der Waals surface area (Å²) in [5.41, 5.74) is 4.67. The molecule has 0 saturated heterocycles. The van der Waals surface area contributed by atoms with Crippen molar-refractivity contribution in [3.63, 3.8) is 0 Å². The maximum atomic E-state index is 5.32. The first kappa shape index (κ1) is 12.2. The lowest BCUT2D eigenvalue weighted by Gasteiger charge is -2.13. The predicted octanol–water partition coefficient (Wildman–Crippen LogP) is 2.18. The van der Waals surface area contributed by atoms with Gasteiger partial charge in [-0.05, 0) is 36.4 Å². The number of benzene rings is 1. The highest BCUT2D eigenvalue weighted by atomic mass is 15.3. The predicted molar refractivity (Wildman–Crippen MR) is 76.1 cm³/mol. The van der Waals surface area contributed by atoms with Gasteiger partial charge < -0.3 is 15.6 Å². The molecule has 0 atom stereocenters. The van der Waals surface area contributed by atoms with Gasteiger partial charge in [0.1, 0.15) is 11.6 Å². The molecule has 0 aliphatic carbocycles. The number of nitrogen functional groups attached to an aromatic ring is 1. The van der Waals surface area contributed by atoms with Crippen LogP contribution in [0, 0.1) is 0 Å². The Bertz CT molecular complexity index is 507. The van der Waals surface area contributed by atoms with E-state index in [1.807, 2.05) is 50.5 Å². The molecule has 1 aromatic carbocycles. The summed E-state index contributed by atoms with van der Waals surface area (Å²) in [6, 6.07) is 13.7. The van der Waals surface area contributed by atoms with Crippen molar-refractivity contribution in [2.24, 2.45) is 5.84 Å². The molecule has 18 heavy (non-hydrogen) atoms. The highest BCUT2D eigenvalue weighted by Gasteiger charge is 1.99. The summed E-state index contributed by atoms with van der Waals surface area (Å²) < 4.78 is 0. The maximum Gasteiger partial charge on any atom is 0.142 e. The third-order valence-electron chi connectivity index (χ3n) is 2.55. The molecule has 1 aromatic heterocycles. The van der Waals surface area contributed by atoms with Gasteiger partial charge in [-0.15, -0.1) is 0 Å². The van der Waals surface area contributed by atoms with E-state index in [4.69, 9.17) is 5.84 Å². The average Bonchev–Trinajstić information content (AvgIpc) is 2.39. The number of hydrazine groups is 1. The molecular weight excluding hydrogens is 226 g/mol. The van der Waals surface area contributed by atoms with Crippen molar-refractivity contribution >= 4 is 23.0 Å². The van der Waals surface area contributed by atoms with E-state index < -0.39 is 0 Å². The fourth-order valence-electron chi connectivity index (χ4n) is 1.58. The number of hydrogen-bond acceptors (Lipinski definition) is 5. The molecule has 2 rings (SSSR count). The van der Waals surface area contributed by atoms with Crippen LogP contribution in [0.1, 0.15) is 0 Å². The van der Waals surface area contributed by atoms with E-state index in [1.54, 1.807) is 6.07 Å². The van der Waals surface area contributed by atoms with Crippen molar-refractivity contribution in [3.8, 4) is 0 Å². The number of pyridine rings is 1. The van der Waals surface area contributed by atoms with Gasteiger partial charge in [-0.1, -0.05) is 6.07 Å². The van der Waals surface area contributed by atoms with Crippen molar-refractivity contribution in [2.45, 2.75) is 0 Å². The molecule has 0 aliphatic rings. The minimum atomic E-state index is 0.630. The summed E-state index contributed by atoms with van der Waals surface area (Å²) in [4.78, 5) is 6.34. The second-order valence-electron chi connectivity index (χ2n) is 4.12. The molecule has 0 bridgehead atoms. The number of anilines is 4. The summed E-state index contributed by atoms with van der Waals surface area (Å²) in [5, 5.41) is 3.22. The van der Waals surface area contributed by atoms with Crippen molar-refractivity contribution in [2.75, 3.05) is 29.7 Å². The molecule has 94 valence electrons. The van der Waals surface area contributed by atoms with E-state index in [2.05, 4.69) is 20.6 Å². The lowest BCUT2D eigenvalue weighted by Crippen LogP contribution is -2.09. The fraction of sp³-hybridized carbons (Fsp3) is 0.154.